The van der Waals surface area contributed by atoms with Crippen molar-refractivity contribution in [2.24, 2.45) is 5.92 Å². The summed E-state index contributed by atoms with van der Waals surface area (Å²) in [6, 6.07) is 0. The highest BCUT2D eigenvalue weighted by molar-refractivity contribution is 5.86. The maximum atomic E-state index is 10.6. The van der Waals surface area contributed by atoms with Gasteiger partial charge in [0.15, 0.2) is 0 Å². The maximum Gasteiger partial charge on any atom is 0.331 e. The molecule has 0 spiro atoms. The fourth-order valence-corrected chi connectivity index (χ4v) is 0.791. The Balaban J connectivity index is 4.17. The fraction of sp³-hybridized carbons (Fsp3) is 0.500. The molecule has 0 aromatic rings. The molecular weight excluding hydrogens is 152 g/mol. The highest BCUT2D eigenvalue weighted by Gasteiger charge is 2.04. The summed E-state index contributed by atoms with van der Waals surface area (Å²) in [6.45, 7) is 7.62. The minimum absolute atomic E-state index is 0.443. The second kappa shape index (κ2) is 5.58. The molecular formula is C10H16O2. The van der Waals surface area contributed by atoms with Gasteiger partial charge in [-0.3, -0.25) is 0 Å². The number of carboxylic acids is 1. The van der Waals surface area contributed by atoms with E-state index in [1.54, 1.807) is 12.2 Å². The van der Waals surface area contributed by atoms with E-state index < -0.39 is 5.97 Å². The van der Waals surface area contributed by atoms with Crippen LogP contribution in [0.25, 0.3) is 0 Å². The van der Waals surface area contributed by atoms with Crippen LogP contribution in [0.1, 0.15) is 26.7 Å². The molecule has 0 aliphatic rings. The van der Waals surface area contributed by atoms with E-state index in [1.165, 1.54) is 0 Å². The molecule has 2 nitrogen and oxygen atoms in total. The first-order valence-electron chi connectivity index (χ1n) is 4.11. The van der Waals surface area contributed by atoms with Crippen molar-refractivity contribution in [1.82, 2.24) is 0 Å². The highest BCUT2D eigenvalue weighted by atomic mass is 16.4. The summed E-state index contributed by atoms with van der Waals surface area (Å²) in [5.41, 5.74) is 0.443. The first-order valence-corrected chi connectivity index (χ1v) is 4.11. The number of rotatable bonds is 5. The van der Waals surface area contributed by atoms with Crippen LogP contribution in [-0.4, -0.2) is 11.1 Å². The van der Waals surface area contributed by atoms with Crippen LogP contribution in [0.3, 0.4) is 0 Å². The van der Waals surface area contributed by atoms with E-state index in [0.29, 0.717) is 17.9 Å². The summed E-state index contributed by atoms with van der Waals surface area (Å²) < 4.78 is 0. The second-order valence-corrected chi connectivity index (χ2v) is 3.16. The maximum absolute atomic E-state index is 10.6. The van der Waals surface area contributed by atoms with E-state index in [1.807, 2.05) is 0 Å². The zero-order valence-electron chi connectivity index (χ0n) is 7.71. The molecule has 0 aliphatic carbocycles. The highest BCUT2D eigenvalue weighted by Crippen LogP contribution is 2.08. The SMILES string of the molecule is C=CCC(=CCC(C)C)C(=O)O. The Morgan fingerprint density at radius 2 is 2.17 bits per heavy atom. The third-order valence-corrected chi connectivity index (χ3v) is 1.47. The van der Waals surface area contributed by atoms with Gasteiger partial charge in [0.05, 0.1) is 0 Å². The molecule has 0 aromatic heterocycles. The number of hydrogen-bond donors (Lipinski definition) is 1. The van der Waals surface area contributed by atoms with Gasteiger partial charge < -0.3 is 5.11 Å². The van der Waals surface area contributed by atoms with Gasteiger partial charge in [0, 0.05) is 5.57 Å². The molecule has 0 aromatic carbocycles. The van der Waals surface area contributed by atoms with Gasteiger partial charge in [-0.05, 0) is 18.8 Å². The van der Waals surface area contributed by atoms with Crippen LogP contribution >= 0.6 is 0 Å². The van der Waals surface area contributed by atoms with Gasteiger partial charge in [-0.25, -0.2) is 4.79 Å². The van der Waals surface area contributed by atoms with Crippen molar-refractivity contribution in [2.75, 3.05) is 0 Å². The molecule has 12 heavy (non-hydrogen) atoms. The monoisotopic (exact) mass is 168 g/mol. The Labute approximate surface area is 73.6 Å². The molecule has 0 radical (unpaired) electrons. The quantitative estimate of drug-likeness (QED) is 0.506. The molecule has 0 saturated carbocycles. The van der Waals surface area contributed by atoms with Crippen molar-refractivity contribution in [3.63, 3.8) is 0 Å². The summed E-state index contributed by atoms with van der Waals surface area (Å²) in [5, 5.41) is 8.70. The molecule has 0 fully saturated rings. The van der Waals surface area contributed by atoms with Crippen molar-refractivity contribution in [1.29, 1.82) is 0 Å². The zero-order chi connectivity index (χ0) is 9.56. The van der Waals surface area contributed by atoms with Crippen LogP contribution in [-0.2, 0) is 4.79 Å². The summed E-state index contributed by atoms with van der Waals surface area (Å²) in [6.07, 6.45) is 4.65. The molecule has 0 heterocycles. The lowest BCUT2D eigenvalue weighted by atomic mass is 10.1. The van der Waals surface area contributed by atoms with Crippen molar-refractivity contribution in [3.8, 4) is 0 Å². The van der Waals surface area contributed by atoms with Gasteiger partial charge in [0.1, 0.15) is 0 Å². The smallest absolute Gasteiger partial charge is 0.331 e. The predicted octanol–water partition coefficient (Wildman–Crippen LogP) is 2.62. The third kappa shape index (κ3) is 4.72. The van der Waals surface area contributed by atoms with Gasteiger partial charge in [0.2, 0.25) is 0 Å². The Morgan fingerprint density at radius 1 is 1.58 bits per heavy atom. The van der Waals surface area contributed by atoms with Gasteiger partial charge >= 0.3 is 5.97 Å². The van der Waals surface area contributed by atoms with Gasteiger partial charge in [-0.1, -0.05) is 26.0 Å². The number of allylic oxidation sites excluding steroid dienone is 2. The van der Waals surface area contributed by atoms with Crippen molar-refractivity contribution >= 4 is 5.97 Å². The van der Waals surface area contributed by atoms with Crippen molar-refractivity contribution < 1.29 is 9.90 Å². The Bertz CT molecular complexity index is 190. The average Bonchev–Trinajstić information content (AvgIpc) is 1.96. The molecule has 0 rings (SSSR count). The van der Waals surface area contributed by atoms with E-state index >= 15 is 0 Å². The minimum atomic E-state index is -0.837. The van der Waals surface area contributed by atoms with Crippen molar-refractivity contribution in [2.45, 2.75) is 26.7 Å². The van der Waals surface area contributed by atoms with E-state index in [-0.39, 0.29) is 0 Å². The third-order valence-electron chi connectivity index (χ3n) is 1.47. The molecule has 68 valence electrons. The topological polar surface area (TPSA) is 37.3 Å². The van der Waals surface area contributed by atoms with Gasteiger partial charge in [-0.2, -0.15) is 0 Å². The zero-order valence-corrected chi connectivity index (χ0v) is 7.71. The predicted molar refractivity (Wildman–Crippen MR) is 50.0 cm³/mol. The fourth-order valence-electron chi connectivity index (χ4n) is 0.791. The second-order valence-electron chi connectivity index (χ2n) is 3.16. The van der Waals surface area contributed by atoms with Gasteiger partial charge in [0.25, 0.3) is 0 Å². The van der Waals surface area contributed by atoms with Crippen LogP contribution in [0.5, 0.6) is 0 Å². The first-order chi connectivity index (χ1) is 5.57. The van der Waals surface area contributed by atoms with E-state index in [2.05, 4.69) is 20.4 Å². The molecule has 0 atom stereocenters. The number of hydrogen-bond acceptors (Lipinski definition) is 1. The lowest BCUT2D eigenvalue weighted by Gasteiger charge is -2.00. The molecule has 0 unspecified atom stereocenters. The molecule has 0 aliphatic heterocycles. The number of aliphatic carboxylic acids is 1. The largest absolute Gasteiger partial charge is 0.478 e. The Morgan fingerprint density at radius 3 is 2.50 bits per heavy atom. The molecule has 0 saturated heterocycles. The molecule has 1 N–H and O–H groups in total. The van der Waals surface area contributed by atoms with Crippen LogP contribution in [0.15, 0.2) is 24.3 Å². The van der Waals surface area contributed by atoms with Crippen LogP contribution in [0.2, 0.25) is 0 Å². The van der Waals surface area contributed by atoms with E-state index in [4.69, 9.17) is 5.11 Å². The lowest BCUT2D eigenvalue weighted by Crippen LogP contribution is -2.00. The normalized spacial score (nSPS) is 11.8. The van der Waals surface area contributed by atoms with Crippen LogP contribution in [0, 0.1) is 5.92 Å². The number of carbonyl (C=O) groups is 1. The van der Waals surface area contributed by atoms with Crippen LogP contribution < -0.4 is 0 Å². The molecule has 2 heteroatoms. The summed E-state index contributed by atoms with van der Waals surface area (Å²) in [4.78, 5) is 10.6. The van der Waals surface area contributed by atoms with Crippen molar-refractivity contribution in [3.05, 3.63) is 24.3 Å². The molecule has 0 bridgehead atoms. The molecule has 0 amide bonds. The minimum Gasteiger partial charge on any atom is -0.478 e. The summed E-state index contributed by atoms with van der Waals surface area (Å²) in [5.74, 6) is -0.334. The summed E-state index contributed by atoms with van der Waals surface area (Å²) in [7, 11) is 0. The lowest BCUT2D eigenvalue weighted by molar-refractivity contribution is -0.132. The number of carboxylic acid groups (broad SMARTS) is 1. The first kappa shape index (κ1) is 11.0. The summed E-state index contributed by atoms with van der Waals surface area (Å²) >= 11 is 0. The standard InChI is InChI=1S/C10H16O2/c1-4-5-9(10(11)12)7-6-8(2)3/h4,7-8H,1,5-6H2,2-3H3,(H,11,12). The van der Waals surface area contributed by atoms with Crippen LogP contribution in [0.4, 0.5) is 0 Å². The Kier molecular flexibility index (Phi) is 5.09. The van der Waals surface area contributed by atoms with Gasteiger partial charge in [-0.15, -0.1) is 6.58 Å². The van der Waals surface area contributed by atoms with E-state index in [0.717, 1.165) is 6.42 Å². The van der Waals surface area contributed by atoms with E-state index in [9.17, 15) is 4.79 Å². The average molecular weight is 168 g/mol. The Hall–Kier alpha value is -1.05.